The molecule has 4 nitrogen and oxygen atoms in total. The predicted molar refractivity (Wildman–Crippen MR) is 147 cm³/mol. The molecule has 0 N–H and O–H groups in total. The van der Waals surface area contributed by atoms with Gasteiger partial charge in [0, 0.05) is 25.6 Å². The Bertz CT molecular complexity index is 1390. The van der Waals surface area contributed by atoms with Gasteiger partial charge in [-0.3, -0.25) is 4.99 Å². The van der Waals surface area contributed by atoms with Crippen LogP contribution in [-0.4, -0.2) is 30.9 Å². The van der Waals surface area contributed by atoms with Crippen LogP contribution in [0, 0.1) is 17.6 Å². The third kappa shape index (κ3) is 5.58. The summed E-state index contributed by atoms with van der Waals surface area (Å²) in [6.45, 7) is 7.29. The van der Waals surface area contributed by atoms with Gasteiger partial charge in [-0.2, -0.15) is 0 Å². The third-order valence-corrected chi connectivity index (χ3v) is 6.87. The molecule has 3 aliphatic heterocycles. The summed E-state index contributed by atoms with van der Waals surface area (Å²) in [5.74, 6) is -0.401. The van der Waals surface area contributed by atoms with E-state index in [2.05, 4.69) is 58.8 Å². The van der Waals surface area contributed by atoms with Gasteiger partial charge in [-0.05, 0) is 60.6 Å². The molecule has 2 aromatic carbocycles. The van der Waals surface area contributed by atoms with Gasteiger partial charge in [-0.1, -0.05) is 54.6 Å². The van der Waals surface area contributed by atoms with E-state index in [1.165, 1.54) is 28.8 Å². The van der Waals surface area contributed by atoms with E-state index < -0.39 is 11.6 Å². The molecule has 5 rings (SSSR count). The first-order valence-electron chi connectivity index (χ1n) is 12.6. The van der Waals surface area contributed by atoms with Crippen molar-refractivity contribution in [1.82, 2.24) is 0 Å². The van der Waals surface area contributed by atoms with E-state index in [1.807, 2.05) is 12.2 Å². The first-order valence-corrected chi connectivity index (χ1v) is 12.6. The van der Waals surface area contributed by atoms with Crippen LogP contribution in [-0.2, 0) is 4.74 Å². The lowest BCUT2D eigenvalue weighted by Gasteiger charge is -2.16. The van der Waals surface area contributed by atoms with Crippen molar-refractivity contribution in [3.8, 4) is 0 Å². The number of rotatable bonds is 5. The van der Waals surface area contributed by atoms with E-state index in [-0.39, 0.29) is 11.4 Å². The summed E-state index contributed by atoms with van der Waals surface area (Å²) < 4.78 is 34.1. The molecule has 0 aliphatic carbocycles. The fourth-order valence-electron chi connectivity index (χ4n) is 4.74. The van der Waals surface area contributed by atoms with Gasteiger partial charge in [0.15, 0.2) is 17.5 Å². The smallest absolute Gasteiger partial charge is 0.169 e. The summed E-state index contributed by atoms with van der Waals surface area (Å²) in [6.07, 6.45) is 11.1. The second-order valence-corrected chi connectivity index (χ2v) is 9.49. The quantitative estimate of drug-likeness (QED) is 0.426. The number of nitrogens with zero attached hydrogens (tertiary/aromatic N) is 3. The van der Waals surface area contributed by atoms with E-state index in [0.29, 0.717) is 30.5 Å². The molecule has 6 heteroatoms. The minimum atomic E-state index is -0.938. The van der Waals surface area contributed by atoms with Crippen molar-refractivity contribution in [2.75, 3.05) is 13.2 Å². The third-order valence-electron chi connectivity index (χ3n) is 6.87. The predicted octanol–water partition coefficient (Wildman–Crippen LogP) is 7.34. The highest BCUT2D eigenvalue weighted by Crippen LogP contribution is 2.31. The molecule has 0 amide bonds. The van der Waals surface area contributed by atoms with E-state index in [9.17, 15) is 8.78 Å². The molecule has 0 aromatic heterocycles. The van der Waals surface area contributed by atoms with Gasteiger partial charge in [-0.25, -0.2) is 18.8 Å². The van der Waals surface area contributed by atoms with Gasteiger partial charge in [0.2, 0.25) is 0 Å². The molecule has 2 aromatic rings. The number of hydrogen-bond acceptors (Lipinski definition) is 4. The lowest BCUT2D eigenvalue weighted by atomic mass is 9.94. The Morgan fingerprint density at radius 2 is 1.95 bits per heavy atom. The standard InChI is InChI=1S/C31H29F2N3O/c1-3-21-10-12-23(13-11-21)26-17-24(37-15-14-20(26)2)16-22-6-4-9-28-29(19-34-18-22)36-31(35-28)25-7-5-8-27(32)30(25)33/h3,5,7-13,17,19,22H,1,4,6,14-16,18H2,2H3. The number of hydrogen-bond donors (Lipinski definition) is 0. The second-order valence-electron chi connectivity index (χ2n) is 9.49. The van der Waals surface area contributed by atoms with Crippen LogP contribution in [0.4, 0.5) is 8.78 Å². The van der Waals surface area contributed by atoms with Crippen LogP contribution in [0.15, 0.2) is 93.2 Å². The van der Waals surface area contributed by atoms with Crippen LogP contribution in [0.5, 0.6) is 0 Å². The molecule has 3 heterocycles. The monoisotopic (exact) mass is 497 g/mol. The van der Waals surface area contributed by atoms with Crippen molar-refractivity contribution < 1.29 is 13.5 Å². The van der Waals surface area contributed by atoms with Gasteiger partial charge in [0.25, 0.3) is 0 Å². The fourth-order valence-corrected chi connectivity index (χ4v) is 4.74. The number of halogens is 2. The summed E-state index contributed by atoms with van der Waals surface area (Å²) in [6, 6.07) is 12.5. The molecule has 1 unspecified atom stereocenters. The van der Waals surface area contributed by atoms with Crippen molar-refractivity contribution >= 4 is 29.4 Å². The highest BCUT2D eigenvalue weighted by atomic mass is 19.2. The largest absolute Gasteiger partial charge is 0.498 e. The Balaban J connectivity index is 1.31. The molecule has 0 bridgehead atoms. The number of fused-ring (bicyclic) bond motifs is 1. The molecular formula is C31H29F2N3O. The maximum Gasteiger partial charge on any atom is 0.169 e. The van der Waals surface area contributed by atoms with Crippen molar-refractivity contribution in [1.29, 1.82) is 0 Å². The molecule has 188 valence electrons. The molecule has 0 radical (unpaired) electrons. The first kappa shape index (κ1) is 24.8. The Morgan fingerprint density at radius 3 is 2.76 bits per heavy atom. The zero-order valence-corrected chi connectivity index (χ0v) is 20.9. The second kappa shape index (κ2) is 11.0. The number of amidine groups is 1. The summed E-state index contributed by atoms with van der Waals surface area (Å²) in [5, 5.41) is 0. The average Bonchev–Trinajstić information content (AvgIpc) is 3.24. The van der Waals surface area contributed by atoms with Crippen LogP contribution in [0.3, 0.4) is 0 Å². The highest BCUT2D eigenvalue weighted by Gasteiger charge is 2.22. The van der Waals surface area contributed by atoms with Gasteiger partial charge in [0.1, 0.15) is 5.71 Å². The molecule has 0 saturated carbocycles. The fraction of sp³-hybridized carbons (Fsp3) is 0.258. The Morgan fingerprint density at radius 1 is 1.11 bits per heavy atom. The molecule has 3 aliphatic rings. The lowest BCUT2D eigenvalue weighted by molar-refractivity contribution is 0.196. The van der Waals surface area contributed by atoms with Crippen LogP contribution >= 0.6 is 0 Å². The van der Waals surface area contributed by atoms with Crippen molar-refractivity contribution in [3.05, 3.63) is 107 Å². The molecule has 1 atom stereocenters. The Hall–Kier alpha value is -3.93. The number of aliphatic imine (C=N–C) groups is 3. The minimum Gasteiger partial charge on any atom is -0.498 e. The Kier molecular flexibility index (Phi) is 7.35. The summed E-state index contributed by atoms with van der Waals surface area (Å²) in [4.78, 5) is 13.5. The first-order chi connectivity index (χ1) is 18.0. The van der Waals surface area contributed by atoms with Crippen LogP contribution < -0.4 is 0 Å². The molecule has 0 saturated heterocycles. The van der Waals surface area contributed by atoms with E-state index in [4.69, 9.17) is 4.74 Å². The van der Waals surface area contributed by atoms with Crippen molar-refractivity contribution in [2.24, 2.45) is 20.9 Å². The maximum atomic E-state index is 14.3. The normalized spacial score (nSPS) is 19.8. The van der Waals surface area contributed by atoms with Gasteiger partial charge in [-0.15, -0.1) is 0 Å². The lowest BCUT2D eigenvalue weighted by Crippen LogP contribution is -2.08. The van der Waals surface area contributed by atoms with E-state index >= 15 is 0 Å². The molecule has 0 fully saturated rings. The summed E-state index contributed by atoms with van der Waals surface area (Å²) >= 11 is 0. The number of allylic oxidation sites excluding steroid dienone is 5. The number of ether oxygens (including phenoxy) is 1. The highest BCUT2D eigenvalue weighted by molar-refractivity contribution is 6.42. The van der Waals surface area contributed by atoms with Crippen molar-refractivity contribution in [3.63, 3.8) is 0 Å². The summed E-state index contributed by atoms with van der Waals surface area (Å²) in [5.41, 5.74) is 6.09. The topological polar surface area (TPSA) is 46.3 Å². The van der Waals surface area contributed by atoms with E-state index in [1.54, 1.807) is 6.21 Å². The SMILES string of the molecule is C=Cc1ccc(C2=C(C)CCOC(CC3CCC=C4N=C(c5cccc(F)c5F)N=C4C=NC3)=C2)cc1. The van der Waals surface area contributed by atoms with E-state index in [0.717, 1.165) is 43.1 Å². The van der Waals surface area contributed by atoms with Crippen LogP contribution in [0.2, 0.25) is 0 Å². The van der Waals surface area contributed by atoms with Gasteiger partial charge < -0.3 is 4.74 Å². The molecule has 37 heavy (non-hydrogen) atoms. The van der Waals surface area contributed by atoms with Crippen LogP contribution in [0.1, 0.15) is 49.3 Å². The molecule has 0 spiro atoms. The average molecular weight is 498 g/mol. The Labute approximate surface area is 216 Å². The number of benzene rings is 2. The summed E-state index contributed by atoms with van der Waals surface area (Å²) in [7, 11) is 0. The van der Waals surface area contributed by atoms with Crippen molar-refractivity contribution in [2.45, 2.75) is 32.6 Å². The minimum absolute atomic E-state index is 0.0555. The van der Waals surface area contributed by atoms with Gasteiger partial charge >= 0.3 is 0 Å². The maximum absolute atomic E-state index is 14.3. The zero-order chi connectivity index (χ0) is 25.8. The van der Waals surface area contributed by atoms with Crippen LogP contribution in [0.25, 0.3) is 11.6 Å². The van der Waals surface area contributed by atoms with Gasteiger partial charge in [0.05, 0.1) is 23.6 Å². The zero-order valence-electron chi connectivity index (χ0n) is 20.9. The molecular weight excluding hydrogens is 468 g/mol.